The Morgan fingerprint density at radius 1 is 1.32 bits per heavy atom. The molecule has 25 heavy (non-hydrogen) atoms. The average molecular weight is 415 g/mol. The maximum absolute atomic E-state index is 11.9. The number of sulfonamides is 1. The molecule has 0 amide bonds. The molecule has 0 aromatic heterocycles. The van der Waals surface area contributed by atoms with Crippen molar-refractivity contribution in [3.05, 3.63) is 29.3 Å². The van der Waals surface area contributed by atoms with Gasteiger partial charge in [0, 0.05) is 5.02 Å². The number of rotatable bonds is 11. The van der Waals surface area contributed by atoms with E-state index < -0.39 is 29.9 Å². The molecule has 0 fully saturated rings. The summed E-state index contributed by atoms with van der Waals surface area (Å²) in [5.74, 6) is -0.588. The van der Waals surface area contributed by atoms with Gasteiger partial charge in [-0.3, -0.25) is 14.7 Å². The first-order valence-corrected chi connectivity index (χ1v) is 10.9. The Morgan fingerprint density at radius 2 is 1.96 bits per heavy atom. The summed E-state index contributed by atoms with van der Waals surface area (Å²) in [5.41, 5.74) is 0. The fourth-order valence-electron chi connectivity index (χ4n) is 1.48. The van der Waals surface area contributed by atoms with Crippen molar-refractivity contribution in [1.82, 2.24) is 10.2 Å². The molecule has 0 aliphatic carbocycles. The molecule has 1 rings (SSSR count). The van der Waals surface area contributed by atoms with Crippen molar-refractivity contribution in [2.24, 2.45) is 0 Å². The van der Waals surface area contributed by atoms with Crippen molar-refractivity contribution in [2.45, 2.75) is 24.7 Å². The second-order valence-corrected chi connectivity index (χ2v) is 8.78. The number of ether oxygens (including phenoxy) is 1. The van der Waals surface area contributed by atoms with Crippen molar-refractivity contribution in [3.8, 4) is 0 Å². The third-order valence-corrected chi connectivity index (χ3v) is 5.33. The summed E-state index contributed by atoms with van der Waals surface area (Å²) in [5, 5.41) is 2.71. The molecule has 0 heterocycles. The largest absolute Gasteiger partial charge is 0.465 e. The van der Waals surface area contributed by atoms with E-state index in [2.05, 4.69) is 9.94 Å². The summed E-state index contributed by atoms with van der Waals surface area (Å²) < 4.78 is 44.8. The zero-order chi connectivity index (χ0) is 18.9. The molecule has 142 valence electrons. The smallest absolute Gasteiger partial charge is 0.358 e. The summed E-state index contributed by atoms with van der Waals surface area (Å²) in [6.07, 6.45) is 0.951. The maximum atomic E-state index is 11.9. The van der Waals surface area contributed by atoms with Gasteiger partial charge in [0.05, 0.1) is 18.0 Å². The van der Waals surface area contributed by atoms with E-state index in [-0.39, 0.29) is 18.0 Å². The topological polar surface area (TPSA) is 131 Å². The van der Waals surface area contributed by atoms with Crippen molar-refractivity contribution in [1.29, 1.82) is 0 Å². The van der Waals surface area contributed by atoms with E-state index >= 15 is 0 Å². The first-order valence-electron chi connectivity index (χ1n) is 7.30. The van der Waals surface area contributed by atoms with E-state index in [0.717, 1.165) is 12.8 Å². The molecular formula is C13H20ClN2O7PS. The molecule has 1 atom stereocenters. The van der Waals surface area contributed by atoms with Crippen LogP contribution in [0.25, 0.3) is 0 Å². The van der Waals surface area contributed by atoms with Crippen molar-refractivity contribution < 1.29 is 32.0 Å². The van der Waals surface area contributed by atoms with Gasteiger partial charge in [-0.05, 0) is 30.7 Å². The Morgan fingerprint density at radius 3 is 2.56 bits per heavy atom. The zero-order valence-corrected chi connectivity index (χ0v) is 15.9. The highest BCUT2D eigenvalue weighted by Gasteiger charge is 2.24. The van der Waals surface area contributed by atoms with E-state index in [1.54, 1.807) is 4.89 Å². The van der Waals surface area contributed by atoms with Gasteiger partial charge in [0.15, 0.2) is 0 Å². The summed E-state index contributed by atoms with van der Waals surface area (Å²) >= 11 is 5.66. The third-order valence-electron chi connectivity index (χ3n) is 2.76. The highest BCUT2D eigenvalue weighted by molar-refractivity contribution is 7.89. The number of carbonyl (C=O) groups excluding carboxylic acids is 1. The Labute approximate surface area is 151 Å². The number of benzene rings is 1. The predicted octanol–water partition coefficient (Wildman–Crippen LogP) is 1.63. The number of hydrogen-bond donors (Lipinski definition) is 3. The molecule has 12 heteroatoms. The van der Waals surface area contributed by atoms with Crippen LogP contribution >= 0.6 is 19.2 Å². The van der Waals surface area contributed by atoms with E-state index in [1.807, 2.05) is 6.92 Å². The van der Waals surface area contributed by atoms with Crippen molar-refractivity contribution in [3.63, 3.8) is 0 Å². The van der Waals surface area contributed by atoms with Crippen molar-refractivity contribution >= 4 is 35.2 Å². The highest BCUT2D eigenvalue weighted by Crippen LogP contribution is 2.39. The van der Waals surface area contributed by atoms with Gasteiger partial charge >= 0.3 is 13.6 Å². The molecule has 1 aromatic rings. The second kappa shape index (κ2) is 10.2. The Kier molecular flexibility index (Phi) is 9.01. The van der Waals surface area contributed by atoms with Crippen LogP contribution in [0.4, 0.5) is 0 Å². The standard InChI is InChI=1S/C13H20ClN2O7PS/c1-2-3-8-22-13(17)9-15-10-24(18,19)23-16-25(20,21)12-6-4-11(14)5-7-12/h4-7,15-16H,2-3,8-10H2,1H3,(H,18,19). The number of unbranched alkanes of at least 4 members (excludes halogenated alkanes) is 1. The van der Waals surface area contributed by atoms with Crippen LogP contribution in [0.2, 0.25) is 5.02 Å². The highest BCUT2D eigenvalue weighted by atomic mass is 35.5. The first-order chi connectivity index (χ1) is 11.7. The first kappa shape index (κ1) is 22.0. The zero-order valence-electron chi connectivity index (χ0n) is 13.5. The lowest BCUT2D eigenvalue weighted by Gasteiger charge is -2.13. The van der Waals surface area contributed by atoms with Crippen LogP contribution in [0.1, 0.15) is 19.8 Å². The molecule has 0 radical (unpaired) electrons. The van der Waals surface area contributed by atoms with Gasteiger partial charge < -0.3 is 9.63 Å². The molecule has 9 nitrogen and oxygen atoms in total. The second-order valence-electron chi connectivity index (χ2n) is 4.93. The van der Waals surface area contributed by atoms with Gasteiger partial charge in [-0.2, -0.15) is 0 Å². The van der Waals surface area contributed by atoms with Crippen molar-refractivity contribution in [2.75, 3.05) is 19.4 Å². The maximum Gasteiger partial charge on any atom is 0.358 e. The lowest BCUT2D eigenvalue weighted by Crippen LogP contribution is -2.29. The predicted molar refractivity (Wildman–Crippen MR) is 91.4 cm³/mol. The van der Waals surface area contributed by atoms with Crippen LogP contribution in [0.3, 0.4) is 0 Å². The van der Waals surface area contributed by atoms with Gasteiger partial charge in [0.1, 0.15) is 6.29 Å². The fraction of sp³-hybridized carbons (Fsp3) is 0.462. The van der Waals surface area contributed by atoms with E-state index in [0.29, 0.717) is 5.02 Å². The fourth-order valence-corrected chi connectivity index (χ4v) is 3.52. The van der Waals surface area contributed by atoms with Gasteiger partial charge in [-0.25, -0.2) is 13.0 Å². The SMILES string of the molecule is CCCCOC(=O)CNCP(=O)(O)ONS(=O)(=O)c1ccc(Cl)cc1. The summed E-state index contributed by atoms with van der Waals surface area (Å²) in [4.78, 5) is 22.3. The molecule has 0 aliphatic rings. The van der Waals surface area contributed by atoms with E-state index in [4.69, 9.17) is 16.3 Å². The molecule has 0 spiro atoms. The monoisotopic (exact) mass is 414 g/mol. The van der Waals surface area contributed by atoms with Crippen LogP contribution in [-0.2, 0) is 28.7 Å². The van der Waals surface area contributed by atoms with Gasteiger partial charge in [-0.15, -0.1) is 0 Å². The minimum absolute atomic E-state index is 0.190. The lowest BCUT2D eigenvalue weighted by atomic mass is 10.4. The molecule has 0 saturated heterocycles. The van der Waals surface area contributed by atoms with Gasteiger partial charge in [-0.1, -0.05) is 29.8 Å². The molecular weight excluding hydrogens is 395 g/mol. The van der Waals surface area contributed by atoms with Gasteiger partial charge in [0.2, 0.25) is 0 Å². The van der Waals surface area contributed by atoms with Gasteiger partial charge in [0.25, 0.3) is 10.0 Å². The summed E-state index contributed by atoms with van der Waals surface area (Å²) in [7, 11) is -8.49. The Balaban J connectivity index is 2.43. The number of esters is 1. The Bertz CT molecular complexity index is 712. The molecule has 1 aromatic carbocycles. The normalized spacial score (nSPS) is 14.0. The third kappa shape index (κ3) is 8.77. The van der Waals surface area contributed by atoms with Crippen LogP contribution < -0.4 is 10.2 Å². The lowest BCUT2D eigenvalue weighted by molar-refractivity contribution is -0.142. The molecule has 0 bridgehead atoms. The van der Waals surface area contributed by atoms with Crippen LogP contribution in [0.15, 0.2) is 29.2 Å². The van der Waals surface area contributed by atoms with Crippen LogP contribution in [0.5, 0.6) is 0 Å². The molecule has 0 aliphatic heterocycles. The number of carbonyl (C=O) groups is 1. The summed E-state index contributed by atoms with van der Waals surface area (Å²) in [6.45, 7) is 1.91. The van der Waals surface area contributed by atoms with Crippen LogP contribution in [-0.4, -0.2) is 38.7 Å². The molecule has 0 saturated carbocycles. The van der Waals surface area contributed by atoms with Crippen LogP contribution in [0, 0.1) is 0 Å². The quantitative estimate of drug-likeness (QED) is 0.215. The minimum Gasteiger partial charge on any atom is -0.465 e. The van der Waals surface area contributed by atoms with E-state index in [1.165, 1.54) is 24.3 Å². The minimum atomic E-state index is -4.34. The molecule has 3 N–H and O–H groups in total. The number of nitrogens with one attached hydrogen (secondary N) is 2. The average Bonchev–Trinajstić information content (AvgIpc) is 2.54. The number of hydrogen-bond acceptors (Lipinski definition) is 7. The number of halogens is 1. The summed E-state index contributed by atoms with van der Waals surface area (Å²) in [6, 6.07) is 5.11. The Hall–Kier alpha value is -1.00. The molecule has 1 unspecified atom stereocenters. The van der Waals surface area contributed by atoms with E-state index in [9.17, 15) is 22.7 Å².